The summed E-state index contributed by atoms with van der Waals surface area (Å²) in [5, 5.41) is 8.97. The lowest BCUT2D eigenvalue weighted by molar-refractivity contribution is -0.224. The molecule has 0 aromatic rings. The molecule has 0 aromatic carbocycles. The van der Waals surface area contributed by atoms with Gasteiger partial charge in [-0.1, -0.05) is 0 Å². The van der Waals surface area contributed by atoms with E-state index in [0.717, 1.165) is 0 Å². The molecule has 3 rings (SSSR count). The first-order valence-electron chi connectivity index (χ1n) is 10.2. The molecule has 0 aliphatic carbocycles. The molecule has 3 heterocycles. The van der Waals surface area contributed by atoms with Crippen LogP contribution in [0.15, 0.2) is 11.9 Å². The number of rotatable bonds is 11. The van der Waals surface area contributed by atoms with Crippen LogP contribution >= 0.6 is 15.9 Å². The highest BCUT2D eigenvalue weighted by Gasteiger charge is 2.54. The quantitative estimate of drug-likeness (QED) is 0.263. The second-order valence-electron chi connectivity index (χ2n) is 8.03. The van der Waals surface area contributed by atoms with E-state index in [0.29, 0.717) is 26.1 Å². The van der Waals surface area contributed by atoms with Gasteiger partial charge >= 0.3 is 7.60 Å². The molecular weight excluding hydrogens is 425 g/mol. The molecule has 30 heavy (non-hydrogen) atoms. The average molecular weight is 458 g/mol. The van der Waals surface area contributed by atoms with Crippen LogP contribution in [0.2, 0.25) is 0 Å². The van der Waals surface area contributed by atoms with Crippen LogP contribution in [0, 0.1) is 11.3 Å². The number of fused-ring (bicyclic) bond motifs is 3. The van der Waals surface area contributed by atoms with E-state index in [9.17, 15) is 4.57 Å². The van der Waals surface area contributed by atoms with Crippen molar-refractivity contribution in [2.24, 2.45) is 0 Å². The Balaban J connectivity index is 2.36. The highest BCUT2D eigenvalue weighted by Crippen LogP contribution is 2.58. The molecule has 0 aromatic heterocycles. The van der Waals surface area contributed by atoms with E-state index in [4.69, 9.17) is 36.2 Å². The van der Waals surface area contributed by atoms with E-state index in [2.05, 4.69) is 38.4 Å². The first-order chi connectivity index (χ1) is 14.1. The van der Waals surface area contributed by atoms with Crippen LogP contribution in [-0.2, 0) is 27.6 Å². The van der Waals surface area contributed by atoms with Crippen molar-refractivity contribution in [3.8, 4) is 6.07 Å². The summed E-state index contributed by atoms with van der Waals surface area (Å²) in [6.45, 7) is 9.17. The number of hydrogen-bond donors (Lipinski definition) is 0. The Morgan fingerprint density at radius 3 is 2.47 bits per heavy atom. The van der Waals surface area contributed by atoms with Crippen molar-refractivity contribution < 1.29 is 27.6 Å². The Labute approximate surface area is 183 Å². The van der Waals surface area contributed by atoms with E-state index in [1.807, 2.05) is 0 Å². The maximum Gasteiger partial charge on any atom is 0.353 e. The van der Waals surface area contributed by atoms with Gasteiger partial charge in [-0.25, -0.2) is 0 Å². The summed E-state index contributed by atoms with van der Waals surface area (Å²) in [4.78, 5) is 0. The lowest BCUT2D eigenvalue weighted by Crippen LogP contribution is -2.63. The van der Waals surface area contributed by atoms with Crippen molar-refractivity contribution in [1.29, 1.82) is 5.26 Å². The number of ether oxygens (including phenoxy) is 2. The maximum absolute atomic E-state index is 12.5. The Morgan fingerprint density at radius 2 is 1.97 bits per heavy atom. The minimum Gasteiger partial charge on any atom is -0.372 e. The molecule has 3 saturated heterocycles. The van der Waals surface area contributed by atoms with Crippen molar-refractivity contribution in [1.82, 2.24) is 4.67 Å². The first-order valence-corrected chi connectivity index (χ1v) is 13.0. The van der Waals surface area contributed by atoms with Gasteiger partial charge in [0.05, 0.1) is 31.8 Å². The average Bonchev–Trinajstić information content (AvgIpc) is 2.71. The molecule has 168 valence electrons. The topological polar surface area (TPSA) is 90.3 Å². The molecule has 0 amide bonds. The molecule has 2 bridgehead atoms. The van der Waals surface area contributed by atoms with Crippen LogP contribution in [0.3, 0.4) is 0 Å². The molecule has 0 saturated carbocycles. The minimum atomic E-state index is -3.35. The second-order valence-corrected chi connectivity index (χ2v) is 12.1. The van der Waals surface area contributed by atoms with E-state index in [1.165, 1.54) is 20.0 Å². The summed E-state index contributed by atoms with van der Waals surface area (Å²) in [7, 11) is 4.51. The summed E-state index contributed by atoms with van der Waals surface area (Å²) in [6, 6.07) is 1.98. The van der Waals surface area contributed by atoms with Gasteiger partial charge in [0.25, 0.3) is 0 Å². The minimum absolute atomic E-state index is 0.0323. The van der Waals surface area contributed by atoms with Crippen molar-refractivity contribution >= 4 is 23.7 Å². The lowest BCUT2D eigenvalue weighted by atomic mass is 9.80. The van der Waals surface area contributed by atoms with Gasteiger partial charge in [0.2, 0.25) is 0 Å². The summed E-state index contributed by atoms with van der Waals surface area (Å²) < 4.78 is 43.3. The second kappa shape index (κ2) is 11.0. The van der Waals surface area contributed by atoms with E-state index in [1.54, 1.807) is 6.08 Å². The molecule has 2 radical (unpaired) electrons. The fraction of sp³-hybridized carbons (Fsp3) is 0.842. The molecule has 3 aliphatic heterocycles. The van der Waals surface area contributed by atoms with E-state index in [-0.39, 0.29) is 23.8 Å². The van der Waals surface area contributed by atoms with Crippen molar-refractivity contribution in [2.45, 2.75) is 76.0 Å². The number of nitriles is 1. The summed E-state index contributed by atoms with van der Waals surface area (Å²) in [6.07, 6.45) is 2.30. The van der Waals surface area contributed by atoms with Crippen molar-refractivity contribution in [3.63, 3.8) is 0 Å². The smallest absolute Gasteiger partial charge is 0.353 e. The van der Waals surface area contributed by atoms with Gasteiger partial charge in [0, 0.05) is 43.8 Å². The highest BCUT2D eigenvalue weighted by atomic mass is 31.2. The van der Waals surface area contributed by atoms with Gasteiger partial charge in [0.15, 0.2) is 0 Å². The lowest BCUT2D eigenvalue weighted by Gasteiger charge is -2.55. The Bertz CT molecular complexity index is 672. The molecule has 5 atom stereocenters. The Morgan fingerprint density at radius 1 is 1.33 bits per heavy atom. The van der Waals surface area contributed by atoms with E-state index >= 15 is 0 Å². The van der Waals surface area contributed by atoms with Crippen LogP contribution < -0.4 is 0 Å². The third-order valence-electron chi connectivity index (χ3n) is 5.23. The monoisotopic (exact) mass is 458 g/mol. The Hall–Kier alpha value is -0.285. The largest absolute Gasteiger partial charge is 0.372 e. The van der Waals surface area contributed by atoms with Gasteiger partial charge < -0.3 is 23.0 Å². The predicted molar refractivity (Wildman–Crippen MR) is 117 cm³/mol. The molecule has 0 N–H and O–H groups in total. The third-order valence-corrected chi connectivity index (χ3v) is 9.63. The van der Waals surface area contributed by atoms with Crippen molar-refractivity contribution in [3.05, 3.63) is 11.9 Å². The number of nitrogens with zero attached hydrogens (tertiary/aromatic N) is 2. The van der Waals surface area contributed by atoms with Crippen LogP contribution in [0.5, 0.6) is 0 Å². The SMILES string of the molecule is [B]C1O[C@@]2(/C=C/P(=O)(OC)OC)CO[C@@H]1[C@H](P(OCCC#N)N(C(C)C)C(C)C)C2. The summed E-state index contributed by atoms with van der Waals surface area (Å²) in [5.74, 6) is 1.41. The normalized spacial score (nSPS) is 30.5. The van der Waals surface area contributed by atoms with Crippen LogP contribution in [0.1, 0.15) is 40.5 Å². The van der Waals surface area contributed by atoms with Gasteiger partial charge in [-0.3, -0.25) is 9.24 Å². The zero-order valence-corrected chi connectivity index (χ0v) is 20.5. The fourth-order valence-corrected chi connectivity index (χ4v) is 7.64. The predicted octanol–water partition coefficient (Wildman–Crippen LogP) is 3.77. The summed E-state index contributed by atoms with van der Waals surface area (Å²) >= 11 is 0. The van der Waals surface area contributed by atoms with Crippen LogP contribution in [0.25, 0.3) is 0 Å². The fourth-order valence-electron chi connectivity index (χ4n) is 3.96. The van der Waals surface area contributed by atoms with Gasteiger partial charge in [0.1, 0.15) is 21.7 Å². The van der Waals surface area contributed by atoms with Crippen LogP contribution in [0.4, 0.5) is 0 Å². The molecule has 11 heteroatoms. The third kappa shape index (κ3) is 5.94. The number of hydrogen-bond acceptors (Lipinski definition) is 8. The summed E-state index contributed by atoms with van der Waals surface area (Å²) in [5.41, 5.74) is -0.875. The first kappa shape index (κ1) is 26.0. The zero-order valence-electron chi connectivity index (χ0n) is 18.7. The molecular formula is C19H33BN2O6P2. The van der Waals surface area contributed by atoms with Crippen LogP contribution in [-0.4, -0.2) is 75.4 Å². The molecule has 3 aliphatic rings. The van der Waals surface area contributed by atoms with Gasteiger partial charge in [-0.05, 0) is 40.2 Å². The molecule has 2 unspecified atom stereocenters. The van der Waals surface area contributed by atoms with Gasteiger partial charge in [-0.15, -0.1) is 0 Å². The molecule has 3 fully saturated rings. The maximum atomic E-state index is 12.5. The molecule has 0 spiro atoms. The zero-order chi connectivity index (χ0) is 22.5. The standard InChI is InChI=1S/C19H33BN2O6P2/c1-14(2)22(15(3)4)29(27-10-7-9-21)16-12-19(8-11-30(23,24-5)25-6)13-26-17(16)18(20)28-19/h8,11,14-18H,7,10,12-13H2,1-6H3/b11-8+/t16-,17-,18?,19-,29?/m1/s1. The highest BCUT2D eigenvalue weighted by molar-refractivity contribution is 7.57. The van der Waals surface area contributed by atoms with Gasteiger partial charge in [-0.2, -0.15) is 5.26 Å². The van der Waals surface area contributed by atoms with Crippen molar-refractivity contribution in [2.75, 3.05) is 27.4 Å². The Kier molecular flexibility index (Phi) is 9.55. The van der Waals surface area contributed by atoms with E-state index < -0.39 is 27.5 Å². The molecule has 8 nitrogen and oxygen atoms in total.